The van der Waals surface area contributed by atoms with Crippen molar-refractivity contribution in [3.63, 3.8) is 0 Å². The van der Waals surface area contributed by atoms with Gasteiger partial charge in [-0.05, 0) is 19.8 Å². The van der Waals surface area contributed by atoms with E-state index < -0.39 is 5.97 Å². The molecule has 0 aliphatic heterocycles. The van der Waals surface area contributed by atoms with Gasteiger partial charge in [-0.15, -0.1) is 0 Å². The predicted molar refractivity (Wildman–Crippen MR) is 73.2 cm³/mol. The molecule has 0 aromatic rings. The summed E-state index contributed by atoms with van der Waals surface area (Å²) in [5, 5.41) is 11.1. The Morgan fingerprint density at radius 1 is 1.37 bits per heavy atom. The van der Waals surface area contributed by atoms with Gasteiger partial charge >= 0.3 is 12.0 Å². The number of hydrogen-bond acceptors (Lipinski definition) is 3. The number of amides is 2. The number of rotatable bonds is 10. The van der Waals surface area contributed by atoms with Crippen LogP contribution in [0.4, 0.5) is 4.79 Å². The number of hydrogen-bond donors (Lipinski definition) is 2. The summed E-state index contributed by atoms with van der Waals surface area (Å²) in [6, 6.07) is 0.0909. The molecule has 0 heterocycles. The largest absolute Gasteiger partial charge is 0.480 e. The number of carbonyl (C=O) groups excluding carboxylic acids is 1. The minimum absolute atomic E-state index is 0.110. The molecule has 2 N–H and O–H groups in total. The zero-order chi connectivity index (χ0) is 14.7. The van der Waals surface area contributed by atoms with E-state index in [1.165, 1.54) is 0 Å². The van der Waals surface area contributed by atoms with Crippen LogP contribution in [0, 0.1) is 0 Å². The molecule has 0 aliphatic rings. The first-order chi connectivity index (χ1) is 9.02. The summed E-state index contributed by atoms with van der Waals surface area (Å²) in [6.07, 6.45) is 2.93. The molecule has 0 aliphatic carbocycles. The Hall–Kier alpha value is -1.30. The SMILES string of the molecule is CCCCN(C(=O)NCCOCC(=O)O)C(C)CC. The van der Waals surface area contributed by atoms with E-state index in [4.69, 9.17) is 9.84 Å². The lowest BCUT2D eigenvalue weighted by Gasteiger charge is -2.28. The van der Waals surface area contributed by atoms with Gasteiger partial charge in [0.25, 0.3) is 0 Å². The number of carboxylic acids is 1. The lowest BCUT2D eigenvalue weighted by atomic mass is 10.2. The number of nitrogens with zero attached hydrogens (tertiary/aromatic N) is 1. The maximum atomic E-state index is 12.0. The third-order valence-corrected chi connectivity index (χ3v) is 2.88. The van der Waals surface area contributed by atoms with Crippen LogP contribution in [0.2, 0.25) is 0 Å². The summed E-state index contributed by atoms with van der Waals surface area (Å²) in [7, 11) is 0. The van der Waals surface area contributed by atoms with E-state index in [0.717, 1.165) is 25.8 Å². The highest BCUT2D eigenvalue weighted by Gasteiger charge is 2.17. The van der Waals surface area contributed by atoms with Crippen molar-refractivity contribution in [2.45, 2.75) is 46.1 Å². The number of unbranched alkanes of at least 4 members (excludes halogenated alkanes) is 1. The molecule has 0 fully saturated rings. The first-order valence-corrected chi connectivity index (χ1v) is 6.86. The van der Waals surface area contributed by atoms with Crippen molar-refractivity contribution in [2.75, 3.05) is 26.3 Å². The minimum atomic E-state index is -1.00. The third-order valence-electron chi connectivity index (χ3n) is 2.88. The van der Waals surface area contributed by atoms with Crippen LogP contribution in [0.5, 0.6) is 0 Å². The predicted octanol–water partition coefficient (Wildman–Crippen LogP) is 1.70. The van der Waals surface area contributed by atoms with Crippen molar-refractivity contribution >= 4 is 12.0 Å². The lowest BCUT2D eigenvalue weighted by molar-refractivity contribution is -0.142. The molecule has 6 heteroatoms. The second kappa shape index (κ2) is 10.6. The van der Waals surface area contributed by atoms with Crippen molar-refractivity contribution in [2.24, 2.45) is 0 Å². The molecule has 0 bridgehead atoms. The summed E-state index contributed by atoms with van der Waals surface area (Å²) in [5.74, 6) is -1.00. The van der Waals surface area contributed by atoms with Gasteiger partial charge in [0, 0.05) is 19.1 Å². The van der Waals surface area contributed by atoms with E-state index in [1.807, 2.05) is 18.7 Å². The molecule has 1 unspecified atom stereocenters. The van der Waals surface area contributed by atoms with E-state index in [9.17, 15) is 9.59 Å². The minimum Gasteiger partial charge on any atom is -0.480 e. The fourth-order valence-electron chi connectivity index (χ4n) is 1.56. The number of urea groups is 1. The summed E-state index contributed by atoms with van der Waals surface area (Å²) in [5.41, 5.74) is 0. The smallest absolute Gasteiger partial charge is 0.329 e. The molecule has 2 amide bonds. The van der Waals surface area contributed by atoms with Crippen LogP contribution in [0.3, 0.4) is 0 Å². The third kappa shape index (κ3) is 8.42. The van der Waals surface area contributed by atoms with Gasteiger partial charge in [-0.1, -0.05) is 20.3 Å². The van der Waals surface area contributed by atoms with Crippen LogP contribution < -0.4 is 5.32 Å². The van der Waals surface area contributed by atoms with Crippen LogP contribution in [-0.2, 0) is 9.53 Å². The van der Waals surface area contributed by atoms with Crippen molar-refractivity contribution in [1.82, 2.24) is 10.2 Å². The fraction of sp³-hybridized carbons (Fsp3) is 0.846. The van der Waals surface area contributed by atoms with Crippen molar-refractivity contribution < 1.29 is 19.4 Å². The Labute approximate surface area is 115 Å². The van der Waals surface area contributed by atoms with Gasteiger partial charge in [0.05, 0.1) is 6.61 Å². The number of ether oxygens (including phenoxy) is 1. The molecule has 0 radical (unpaired) electrons. The average Bonchev–Trinajstić information content (AvgIpc) is 2.38. The number of nitrogens with one attached hydrogen (secondary N) is 1. The zero-order valence-electron chi connectivity index (χ0n) is 12.1. The Bertz CT molecular complexity index is 271. The van der Waals surface area contributed by atoms with Gasteiger partial charge in [-0.25, -0.2) is 9.59 Å². The highest BCUT2D eigenvalue weighted by Crippen LogP contribution is 2.05. The number of aliphatic carboxylic acids is 1. The van der Waals surface area contributed by atoms with E-state index >= 15 is 0 Å². The lowest BCUT2D eigenvalue weighted by Crippen LogP contribution is -2.46. The number of carboxylic acid groups (broad SMARTS) is 1. The van der Waals surface area contributed by atoms with Crippen LogP contribution in [0.15, 0.2) is 0 Å². The Kier molecular flexibility index (Phi) is 9.88. The van der Waals surface area contributed by atoms with Gasteiger partial charge in [-0.2, -0.15) is 0 Å². The fourth-order valence-corrected chi connectivity index (χ4v) is 1.56. The summed E-state index contributed by atoms with van der Waals surface area (Å²) in [6.45, 7) is 7.11. The molecule has 1 atom stereocenters. The summed E-state index contributed by atoms with van der Waals surface area (Å²) in [4.78, 5) is 24.0. The van der Waals surface area contributed by atoms with E-state index in [2.05, 4.69) is 12.2 Å². The highest BCUT2D eigenvalue weighted by atomic mass is 16.5. The highest BCUT2D eigenvalue weighted by molar-refractivity contribution is 5.74. The maximum Gasteiger partial charge on any atom is 0.329 e. The maximum absolute atomic E-state index is 12.0. The first-order valence-electron chi connectivity index (χ1n) is 6.86. The molecule has 19 heavy (non-hydrogen) atoms. The molecule has 0 saturated heterocycles. The molecule has 0 rings (SSSR count). The van der Waals surface area contributed by atoms with E-state index in [-0.39, 0.29) is 25.3 Å². The van der Waals surface area contributed by atoms with Gasteiger partial charge in [0.2, 0.25) is 0 Å². The van der Waals surface area contributed by atoms with Crippen molar-refractivity contribution in [3.8, 4) is 0 Å². The molecule has 0 spiro atoms. The van der Waals surface area contributed by atoms with Crippen LogP contribution in [-0.4, -0.2) is 54.4 Å². The number of carbonyl (C=O) groups is 2. The zero-order valence-corrected chi connectivity index (χ0v) is 12.1. The monoisotopic (exact) mass is 274 g/mol. The second-order valence-electron chi connectivity index (χ2n) is 4.48. The normalized spacial score (nSPS) is 11.9. The van der Waals surface area contributed by atoms with Gasteiger partial charge < -0.3 is 20.1 Å². The van der Waals surface area contributed by atoms with E-state index in [1.54, 1.807) is 0 Å². The van der Waals surface area contributed by atoms with E-state index in [0.29, 0.717) is 6.54 Å². The van der Waals surface area contributed by atoms with Gasteiger partial charge in [0.1, 0.15) is 6.61 Å². The molecule has 0 saturated carbocycles. The standard InChI is InChI=1S/C13H26N2O4/c1-4-6-8-15(11(3)5-2)13(18)14-7-9-19-10-12(16)17/h11H,4-10H2,1-3H3,(H,14,18)(H,16,17). The van der Waals surface area contributed by atoms with Gasteiger partial charge in [0.15, 0.2) is 0 Å². The second-order valence-corrected chi connectivity index (χ2v) is 4.48. The van der Waals surface area contributed by atoms with Crippen molar-refractivity contribution in [1.29, 1.82) is 0 Å². The molecule has 112 valence electrons. The molecule has 0 aromatic carbocycles. The topological polar surface area (TPSA) is 78.9 Å². The van der Waals surface area contributed by atoms with Crippen molar-refractivity contribution in [3.05, 3.63) is 0 Å². The Morgan fingerprint density at radius 2 is 2.05 bits per heavy atom. The quantitative estimate of drug-likeness (QED) is 0.594. The first kappa shape index (κ1) is 17.7. The van der Waals surface area contributed by atoms with Crippen LogP contribution in [0.1, 0.15) is 40.0 Å². The molecular weight excluding hydrogens is 248 g/mol. The summed E-state index contributed by atoms with van der Waals surface area (Å²) < 4.78 is 4.86. The molecule has 0 aromatic heterocycles. The summed E-state index contributed by atoms with van der Waals surface area (Å²) >= 11 is 0. The molecule has 6 nitrogen and oxygen atoms in total. The molecular formula is C13H26N2O4. The van der Waals surface area contributed by atoms with Crippen LogP contribution >= 0.6 is 0 Å². The Balaban J connectivity index is 3.99. The van der Waals surface area contributed by atoms with Gasteiger partial charge in [-0.3, -0.25) is 0 Å². The Morgan fingerprint density at radius 3 is 2.58 bits per heavy atom. The average molecular weight is 274 g/mol. The van der Waals surface area contributed by atoms with Crippen LogP contribution in [0.25, 0.3) is 0 Å².